The number of aromatic hydroxyl groups is 1. The number of amides is 1. The van der Waals surface area contributed by atoms with E-state index in [-0.39, 0.29) is 27.6 Å². The third-order valence-electron chi connectivity index (χ3n) is 2.84. The molecule has 11 heteroatoms. The summed E-state index contributed by atoms with van der Waals surface area (Å²) in [5, 5.41) is 26.0. The van der Waals surface area contributed by atoms with Gasteiger partial charge in [-0.05, 0) is 13.0 Å². The molecule has 0 aromatic carbocycles. The van der Waals surface area contributed by atoms with Crippen LogP contribution in [0.5, 0.6) is 5.88 Å². The Morgan fingerprint density at radius 3 is 2.71 bits per heavy atom. The largest absolute Gasteiger partial charge is 0.492 e. The summed E-state index contributed by atoms with van der Waals surface area (Å²) in [4.78, 5) is 15.7. The summed E-state index contributed by atoms with van der Waals surface area (Å²) in [6.45, 7) is -2.28. The molecule has 6 N–H and O–H groups in total. The maximum atomic E-state index is 12.9. The van der Waals surface area contributed by atoms with Crippen LogP contribution in [0.2, 0.25) is 5.02 Å². The predicted octanol–water partition coefficient (Wildman–Crippen LogP) is 1.51. The molecule has 0 atom stereocenters. The average molecular weight is 361 g/mol. The maximum Gasteiger partial charge on any atom is 0.321 e. The van der Waals surface area contributed by atoms with Crippen LogP contribution in [0.1, 0.15) is 17.3 Å². The van der Waals surface area contributed by atoms with Crippen LogP contribution in [0.3, 0.4) is 0 Å². The highest BCUT2D eigenvalue weighted by molar-refractivity contribution is 6.32. The van der Waals surface area contributed by atoms with Crippen LogP contribution in [-0.4, -0.2) is 46.0 Å². The number of alkyl halides is 2. The molecule has 0 aliphatic heterocycles. The van der Waals surface area contributed by atoms with E-state index >= 15 is 0 Å². The zero-order chi connectivity index (χ0) is 18.4. The fraction of sp³-hybridized carbons (Fsp3) is 0.231. The van der Waals surface area contributed by atoms with Crippen LogP contribution < -0.4 is 11.1 Å². The molecular formula is C13H15ClF2N6O2. The topological polar surface area (TPSA) is 139 Å². The summed E-state index contributed by atoms with van der Waals surface area (Å²) in [6.07, 6.45) is 1.77. The second-order valence-corrected chi connectivity index (χ2v) is 4.91. The van der Waals surface area contributed by atoms with Crippen molar-refractivity contribution >= 4 is 29.6 Å². The Morgan fingerprint density at radius 1 is 1.62 bits per heavy atom. The number of nitrogens with one attached hydrogen (secondary N) is 3. The van der Waals surface area contributed by atoms with E-state index in [0.29, 0.717) is 6.21 Å². The number of pyridine rings is 1. The molecule has 1 amide bonds. The van der Waals surface area contributed by atoms with E-state index in [1.165, 1.54) is 6.07 Å². The second kappa shape index (κ2) is 8.20. The average Bonchev–Trinajstić information content (AvgIpc) is 2.49. The summed E-state index contributed by atoms with van der Waals surface area (Å²) in [5.41, 5.74) is 5.46. The zero-order valence-corrected chi connectivity index (χ0v) is 13.2. The van der Waals surface area contributed by atoms with E-state index < -0.39 is 30.0 Å². The lowest BCUT2D eigenvalue weighted by atomic mass is 10.2. The molecule has 8 nitrogen and oxygen atoms in total. The monoisotopic (exact) mass is 360 g/mol. The predicted molar refractivity (Wildman–Crippen MR) is 84.5 cm³/mol. The van der Waals surface area contributed by atoms with Gasteiger partial charge < -0.3 is 21.6 Å². The van der Waals surface area contributed by atoms with Gasteiger partial charge in [-0.1, -0.05) is 11.6 Å². The molecule has 24 heavy (non-hydrogen) atoms. The van der Waals surface area contributed by atoms with Crippen LogP contribution in [-0.2, 0) is 0 Å². The number of nitrogens with two attached hydrogens (primary N) is 1. The lowest BCUT2D eigenvalue weighted by Gasteiger charge is -2.24. The molecule has 1 aromatic heterocycles. The third-order valence-corrected chi connectivity index (χ3v) is 3.12. The minimum Gasteiger partial charge on any atom is -0.492 e. The van der Waals surface area contributed by atoms with Crippen LogP contribution in [0, 0.1) is 10.8 Å². The minimum absolute atomic E-state index is 0.0228. The van der Waals surface area contributed by atoms with Gasteiger partial charge in [-0.3, -0.25) is 15.1 Å². The first-order chi connectivity index (χ1) is 11.2. The molecule has 130 valence electrons. The Bertz CT molecular complexity index is 695. The molecule has 0 radical (unpaired) electrons. The molecule has 1 heterocycles. The highest BCUT2D eigenvalue weighted by atomic mass is 35.5. The standard InChI is InChI=1S/C13H15ClF2N6O2/c1-6(18)22(13(15)16)10(19)8(3-17)5-20-11(23)7-2-9(14)12(24)21-4-7/h2-4,13,17-18H,5,19H2,1H3,(H,20,23)(H,21,24)/b10-8-,17-3?,18-6?. The molecule has 0 aliphatic rings. The number of halogens is 3. The lowest BCUT2D eigenvalue weighted by molar-refractivity contribution is 0.0398. The van der Waals surface area contributed by atoms with Crippen LogP contribution in [0.4, 0.5) is 8.78 Å². The highest BCUT2D eigenvalue weighted by Crippen LogP contribution is 2.20. The summed E-state index contributed by atoms with van der Waals surface area (Å²) < 4.78 is 25.8. The summed E-state index contributed by atoms with van der Waals surface area (Å²) in [6, 6.07) is 1.17. The summed E-state index contributed by atoms with van der Waals surface area (Å²) >= 11 is 5.64. The molecule has 0 saturated heterocycles. The van der Waals surface area contributed by atoms with E-state index in [2.05, 4.69) is 10.3 Å². The Hall–Kier alpha value is -2.75. The summed E-state index contributed by atoms with van der Waals surface area (Å²) in [5.74, 6) is -2.13. The van der Waals surface area contributed by atoms with Gasteiger partial charge in [-0.15, -0.1) is 0 Å². The van der Waals surface area contributed by atoms with Crippen LogP contribution >= 0.6 is 11.6 Å². The van der Waals surface area contributed by atoms with Crippen molar-refractivity contribution in [3.05, 3.63) is 34.2 Å². The number of hydrogen-bond donors (Lipinski definition) is 5. The highest BCUT2D eigenvalue weighted by Gasteiger charge is 2.22. The third kappa shape index (κ3) is 4.62. The van der Waals surface area contributed by atoms with Gasteiger partial charge in [-0.25, -0.2) is 4.98 Å². The van der Waals surface area contributed by atoms with Crippen molar-refractivity contribution in [1.29, 1.82) is 10.8 Å². The number of aromatic nitrogens is 1. The van der Waals surface area contributed by atoms with E-state index in [1.807, 2.05) is 0 Å². The van der Waals surface area contributed by atoms with E-state index in [4.69, 9.17) is 28.2 Å². The smallest absolute Gasteiger partial charge is 0.321 e. The zero-order valence-electron chi connectivity index (χ0n) is 12.5. The van der Waals surface area contributed by atoms with Crippen molar-refractivity contribution in [1.82, 2.24) is 15.2 Å². The number of nitrogens with zero attached hydrogens (tertiary/aromatic N) is 2. The van der Waals surface area contributed by atoms with Gasteiger partial charge in [-0.2, -0.15) is 8.78 Å². The van der Waals surface area contributed by atoms with E-state index in [0.717, 1.165) is 13.1 Å². The fourth-order valence-electron chi connectivity index (χ4n) is 1.63. The van der Waals surface area contributed by atoms with Gasteiger partial charge in [0.15, 0.2) is 0 Å². The minimum atomic E-state index is -3.06. The van der Waals surface area contributed by atoms with Crippen molar-refractivity contribution in [2.45, 2.75) is 13.5 Å². The molecule has 0 aliphatic carbocycles. The van der Waals surface area contributed by atoms with E-state index in [9.17, 15) is 18.7 Å². The first-order valence-corrected chi connectivity index (χ1v) is 6.81. The van der Waals surface area contributed by atoms with Crippen molar-refractivity contribution in [2.24, 2.45) is 5.73 Å². The number of amidine groups is 1. The van der Waals surface area contributed by atoms with Crippen molar-refractivity contribution < 1.29 is 18.7 Å². The fourth-order valence-corrected chi connectivity index (χ4v) is 1.80. The molecule has 0 unspecified atom stereocenters. The molecule has 1 aromatic rings. The van der Waals surface area contributed by atoms with Gasteiger partial charge in [0.05, 0.1) is 5.56 Å². The summed E-state index contributed by atoms with van der Waals surface area (Å²) in [7, 11) is 0. The van der Waals surface area contributed by atoms with Crippen molar-refractivity contribution in [3.63, 3.8) is 0 Å². The normalized spacial score (nSPS) is 11.7. The quantitative estimate of drug-likeness (QED) is 0.297. The lowest BCUT2D eigenvalue weighted by Crippen LogP contribution is -2.39. The van der Waals surface area contributed by atoms with Crippen LogP contribution in [0.15, 0.2) is 23.7 Å². The van der Waals surface area contributed by atoms with Crippen LogP contribution in [0.25, 0.3) is 0 Å². The van der Waals surface area contributed by atoms with Gasteiger partial charge >= 0.3 is 6.55 Å². The Kier molecular flexibility index (Phi) is 6.59. The molecule has 0 spiro atoms. The number of rotatable bonds is 6. The number of carbonyl (C=O) groups is 1. The number of hydrogen-bond acceptors (Lipinski definition) is 6. The Morgan fingerprint density at radius 2 is 2.25 bits per heavy atom. The first-order valence-electron chi connectivity index (χ1n) is 6.43. The van der Waals surface area contributed by atoms with E-state index in [1.54, 1.807) is 0 Å². The van der Waals surface area contributed by atoms with Crippen molar-refractivity contribution in [3.8, 4) is 5.88 Å². The molecule has 0 fully saturated rings. The van der Waals surface area contributed by atoms with Gasteiger partial charge in [0.2, 0.25) is 5.88 Å². The molecule has 1 rings (SSSR count). The van der Waals surface area contributed by atoms with Crippen molar-refractivity contribution in [2.75, 3.05) is 6.54 Å². The molecule has 0 saturated carbocycles. The molecular weight excluding hydrogens is 346 g/mol. The van der Waals surface area contributed by atoms with Gasteiger partial charge in [0.25, 0.3) is 5.91 Å². The first kappa shape index (κ1) is 19.3. The second-order valence-electron chi connectivity index (χ2n) is 4.50. The Labute approximate surface area is 140 Å². The SMILES string of the molecule is CC(=N)N(/C(N)=C(/C=N)CNC(=O)c1cnc(O)c(Cl)c1)C(F)F. The number of carbonyl (C=O) groups excluding carboxylic acids is 1. The van der Waals surface area contributed by atoms with Gasteiger partial charge in [0, 0.05) is 24.5 Å². The molecule has 0 bridgehead atoms. The maximum absolute atomic E-state index is 12.9. The van der Waals surface area contributed by atoms with Gasteiger partial charge in [0.1, 0.15) is 16.7 Å². The Balaban J connectivity index is 2.94.